The summed E-state index contributed by atoms with van der Waals surface area (Å²) >= 11 is 8.58. The summed E-state index contributed by atoms with van der Waals surface area (Å²) in [6.45, 7) is 8.33. The standard InChI is InChI=1S/C13H18ClIN2OSi/c1-19(2,3)8-7-18-9-17-10-5-4-6-16-12(10)11(15)13(17)14/h4-6H,7-9H2,1-3H3. The number of aromatic nitrogens is 2. The third kappa shape index (κ3) is 3.71. The Balaban J connectivity index is 2.11. The Hall–Kier alpha value is -0.113. The molecule has 0 amide bonds. The van der Waals surface area contributed by atoms with E-state index in [1.54, 1.807) is 6.20 Å². The molecule has 0 aliphatic heterocycles. The van der Waals surface area contributed by atoms with Crippen LogP contribution in [0.2, 0.25) is 30.8 Å². The summed E-state index contributed by atoms with van der Waals surface area (Å²) in [6, 6.07) is 5.12. The molecule has 0 unspecified atom stereocenters. The second-order valence-electron chi connectivity index (χ2n) is 5.75. The lowest BCUT2D eigenvalue weighted by atomic mass is 10.4. The molecule has 2 rings (SSSR count). The highest BCUT2D eigenvalue weighted by Crippen LogP contribution is 2.29. The number of nitrogens with zero attached hydrogens (tertiary/aromatic N) is 2. The fraction of sp³-hybridized carbons (Fsp3) is 0.462. The van der Waals surface area contributed by atoms with Crippen LogP contribution in [-0.4, -0.2) is 24.2 Å². The smallest absolute Gasteiger partial charge is 0.127 e. The van der Waals surface area contributed by atoms with Crippen LogP contribution in [0.4, 0.5) is 0 Å². The Morgan fingerprint density at radius 2 is 2.16 bits per heavy atom. The SMILES string of the molecule is C[Si](C)(C)CCOCn1c(Cl)c(I)c2ncccc21. The van der Waals surface area contributed by atoms with Crippen molar-refractivity contribution in [3.63, 3.8) is 0 Å². The van der Waals surface area contributed by atoms with Gasteiger partial charge < -0.3 is 9.30 Å². The highest BCUT2D eigenvalue weighted by Gasteiger charge is 2.15. The average Bonchev–Trinajstić information content (AvgIpc) is 2.58. The molecule has 3 nitrogen and oxygen atoms in total. The van der Waals surface area contributed by atoms with Crippen LogP contribution in [0.25, 0.3) is 11.0 Å². The summed E-state index contributed by atoms with van der Waals surface area (Å²) in [6.07, 6.45) is 1.79. The van der Waals surface area contributed by atoms with E-state index in [4.69, 9.17) is 16.3 Å². The second-order valence-corrected chi connectivity index (χ2v) is 12.8. The molecule has 0 saturated carbocycles. The van der Waals surface area contributed by atoms with Gasteiger partial charge in [0.2, 0.25) is 0 Å². The lowest BCUT2D eigenvalue weighted by Gasteiger charge is -2.16. The molecule has 6 heteroatoms. The molecule has 0 fully saturated rings. The summed E-state index contributed by atoms with van der Waals surface area (Å²) in [7, 11) is -1.04. The van der Waals surface area contributed by atoms with E-state index in [1.807, 2.05) is 16.7 Å². The van der Waals surface area contributed by atoms with Crippen molar-refractivity contribution in [2.45, 2.75) is 32.4 Å². The van der Waals surface area contributed by atoms with Gasteiger partial charge in [0, 0.05) is 20.9 Å². The molecule has 0 aromatic carbocycles. The third-order valence-electron chi connectivity index (χ3n) is 2.92. The molecular weight excluding hydrogens is 391 g/mol. The monoisotopic (exact) mass is 408 g/mol. The molecule has 19 heavy (non-hydrogen) atoms. The molecule has 0 saturated heterocycles. The van der Waals surface area contributed by atoms with Crippen molar-refractivity contribution in [1.82, 2.24) is 9.55 Å². The molecule has 0 aliphatic carbocycles. The van der Waals surface area contributed by atoms with Crippen LogP contribution in [0.15, 0.2) is 18.3 Å². The quantitative estimate of drug-likeness (QED) is 0.410. The van der Waals surface area contributed by atoms with E-state index in [-0.39, 0.29) is 0 Å². The van der Waals surface area contributed by atoms with E-state index in [0.29, 0.717) is 11.9 Å². The Labute approximate surface area is 133 Å². The number of hydrogen-bond acceptors (Lipinski definition) is 2. The molecule has 2 aromatic rings. The molecule has 104 valence electrons. The second kappa shape index (κ2) is 6.11. The first kappa shape index (κ1) is 15.3. The molecule has 0 atom stereocenters. The fourth-order valence-corrected chi connectivity index (χ4v) is 3.46. The minimum Gasteiger partial charge on any atom is -0.361 e. The van der Waals surface area contributed by atoms with Gasteiger partial charge in [-0.3, -0.25) is 4.98 Å². The van der Waals surface area contributed by atoms with Gasteiger partial charge in [-0.15, -0.1) is 0 Å². The van der Waals surface area contributed by atoms with E-state index in [1.165, 1.54) is 6.04 Å². The number of halogens is 2. The Morgan fingerprint density at radius 3 is 2.84 bits per heavy atom. The maximum absolute atomic E-state index is 6.35. The summed E-state index contributed by atoms with van der Waals surface area (Å²) in [5, 5.41) is 0.710. The normalized spacial score (nSPS) is 12.3. The van der Waals surface area contributed by atoms with E-state index >= 15 is 0 Å². The topological polar surface area (TPSA) is 27.1 Å². The van der Waals surface area contributed by atoms with Crippen LogP contribution in [0.3, 0.4) is 0 Å². The summed E-state index contributed by atoms with van der Waals surface area (Å²) < 4.78 is 8.75. The summed E-state index contributed by atoms with van der Waals surface area (Å²) in [5.74, 6) is 0. The van der Waals surface area contributed by atoms with Crippen molar-refractivity contribution in [3.8, 4) is 0 Å². The Morgan fingerprint density at radius 1 is 1.42 bits per heavy atom. The Kier molecular flexibility index (Phi) is 4.92. The predicted octanol–water partition coefficient (Wildman–Crippen LogP) is 4.61. The maximum atomic E-state index is 6.35. The minimum atomic E-state index is -1.04. The first-order valence-electron chi connectivity index (χ1n) is 6.26. The Bertz CT molecular complexity index is 580. The van der Waals surface area contributed by atoms with Crippen molar-refractivity contribution in [2.24, 2.45) is 0 Å². The number of hydrogen-bond donors (Lipinski definition) is 0. The minimum absolute atomic E-state index is 0.495. The first-order chi connectivity index (χ1) is 8.90. The van der Waals surface area contributed by atoms with Crippen LogP contribution in [-0.2, 0) is 11.5 Å². The van der Waals surface area contributed by atoms with Gasteiger partial charge in [-0.25, -0.2) is 0 Å². The van der Waals surface area contributed by atoms with Gasteiger partial charge in [-0.05, 0) is 40.8 Å². The van der Waals surface area contributed by atoms with E-state index < -0.39 is 8.07 Å². The maximum Gasteiger partial charge on any atom is 0.127 e. The van der Waals surface area contributed by atoms with Crippen LogP contribution in [0, 0.1) is 3.57 Å². The molecule has 0 aliphatic rings. The zero-order chi connectivity index (χ0) is 14.0. The number of fused-ring (bicyclic) bond motifs is 1. The van der Waals surface area contributed by atoms with Crippen LogP contribution < -0.4 is 0 Å². The number of rotatable bonds is 5. The molecule has 0 N–H and O–H groups in total. The van der Waals surface area contributed by atoms with Crippen molar-refractivity contribution >= 4 is 53.3 Å². The molecule has 2 aromatic heterocycles. The van der Waals surface area contributed by atoms with E-state index in [9.17, 15) is 0 Å². The van der Waals surface area contributed by atoms with Gasteiger partial charge >= 0.3 is 0 Å². The van der Waals surface area contributed by atoms with Crippen LogP contribution in [0.1, 0.15) is 0 Å². The molecule has 2 heterocycles. The van der Waals surface area contributed by atoms with Crippen LogP contribution >= 0.6 is 34.2 Å². The van der Waals surface area contributed by atoms with Crippen molar-refractivity contribution < 1.29 is 4.74 Å². The number of ether oxygens (including phenoxy) is 1. The van der Waals surface area contributed by atoms with Gasteiger partial charge in [0.15, 0.2) is 0 Å². The van der Waals surface area contributed by atoms with Gasteiger partial charge in [-0.1, -0.05) is 31.2 Å². The molecule has 0 bridgehead atoms. The average molecular weight is 409 g/mol. The van der Waals surface area contributed by atoms with Gasteiger partial charge in [-0.2, -0.15) is 0 Å². The van der Waals surface area contributed by atoms with Gasteiger partial charge in [0.1, 0.15) is 17.4 Å². The highest BCUT2D eigenvalue weighted by molar-refractivity contribution is 14.1. The molecular formula is C13H18ClIN2OSi. The lowest BCUT2D eigenvalue weighted by molar-refractivity contribution is 0.0903. The third-order valence-corrected chi connectivity index (χ3v) is 6.36. The first-order valence-corrected chi connectivity index (χ1v) is 11.4. The zero-order valence-electron chi connectivity index (χ0n) is 11.4. The lowest BCUT2D eigenvalue weighted by Crippen LogP contribution is -2.22. The van der Waals surface area contributed by atoms with E-state index in [0.717, 1.165) is 21.2 Å². The van der Waals surface area contributed by atoms with Crippen molar-refractivity contribution in [2.75, 3.05) is 6.61 Å². The van der Waals surface area contributed by atoms with Crippen molar-refractivity contribution in [1.29, 1.82) is 0 Å². The fourth-order valence-electron chi connectivity index (χ4n) is 1.77. The van der Waals surface area contributed by atoms with Crippen LogP contribution in [0.5, 0.6) is 0 Å². The largest absolute Gasteiger partial charge is 0.361 e. The van der Waals surface area contributed by atoms with Crippen molar-refractivity contribution in [3.05, 3.63) is 27.1 Å². The molecule has 0 radical (unpaired) electrons. The highest BCUT2D eigenvalue weighted by atomic mass is 127. The zero-order valence-corrected chi connectivity index (χ0v) is 15.3. The van der Waals surface area contributed by atoms with Gasteiger partial charge in [0.05, 0.1) is 9.09 Å². The summed E-state index contributed by atoms with van der Waals surface area (Å²) in [4.78, 5) is 4.37. The van der Waals surface area contributed by atoms with E-state index in [2.05, 4.69) is 47.2 Å². The van der Waals surface area contributed by atoms with Gasteiger partial charge in [0.25, 0.3) is 0 Å². The number of pyridine rings is 1. The molecule has 0 spiro atoms. The predicted molar refractivity (Wildman–Crippen MR) is 91.6 cm³/mol. The summed E-state index contributed by atoms with van der Waals surface area (Å²) in [5.41, 5.74) is 1.98.